The lowest BCUT2D eigenvalue weighted by Crippen LogP contribution is -2.49. The predicted octanol–water partition coefficient (Wildman–Crippen LogP) is 4.54. The number of para-hydroxylation sites is 1. The molecule has 2 N–H and O–H groups in total. The van der Waals surface area contributed by atoms with Crippen molar-refractivity contribution in [3.63, 3.8) is 0 Å². The number of hydrogen-bond acceptors (Lipinski definition) is 6. The second kappa shape index (κ2) is 11.7. The van der Waals surface area contributed by atoms with E-state index in [1.807, 2.05) is 0 Å². The van der Waals surface area contributed by atoms with E-state index in [0.29, 0.717) is 17.1 Å². The molecule has 10 heteroatoms. The number of amides is 3. The van der Waals surface area contributed by atoms with Crippen LogP contribution in [0.3, 0.4) is 0 Å². The Balaban J connectivity index is 1.97. The monoisotopic (exact) mass is 510 g/mol. The number of anilines is 2. The van der Waals surface area contributed by atoms with Crippen LogP contribution >= 0.6 is 0 Å². The Hall–Kier alpha value is -4.21. The molecule has 0 radical (unpaired) electrons. The van der Waals surface area contributed by atoms with Crippen LogP contribution in [0.4, 0.5) is 15.9 Å². The van der Waals surface area contributed by atoms with E-state index in [-0.39, 0.29) is 24.3 Å². The Labute approximate surface area is 215 Å². The molecule has 3 aromatic rings. The molecule has 0 aliphatic heterocycles. The molecule has 0 aliphatic carbocycles. The molecule has 196 valence electrons. The average Bonchev–Trinajstić information content (AvgIpc) is 3.24. The van der Waals surface area contributed by atoms with Crippen molar-refractivity contribution >= 4 is 29.2 Å². The molecule has 3 amide bonds. The number of hydrogen-bond donors (Lipinski definition) is 2. The zero-order valence-corrected chi connectivity index (χ0v) is 21.5. The smallest absolute Gasteiger partial charge is 0.248 e. The van der Waals surface area contributed by atoms with Crippen LogP contribution in [-0.4, -0.2) is 35.5 Å². The lowest BCUT2D eigenvalue weighted by Gasteiger charge is -2.34. The fraction of sp³-hybridized carbons (Fsp3) is 0.333. The minimum absolute atomic E-state index is 0.0788. The van der Waals surface area contributed by atoms with Crippen LogP contribution < -0.4 is 20.3 Å². The van der Waals surface area contributed by atoms with Crippen LogP contribution in [0, 0.1) is 12.7 Å². The molecule has 0 saturated carbocycles. The van der Waals surface area contributed by atoms with E-state index in [4.69, 9.17) is 9.26 Å². The van der Waals surface area contributed by atoms with Crippen LogP contribution in [0.15, 0.2) is 59.1 Å². The van der Waals surface area contributed by atoms with E-state index in [1.54, 1.807) is 64.1 Å². The van der Waals surface area contributed by atoms with Gasteiger partial charge in [-0.3, -0.25) is 19.3 Å². The molecule has 0 saturated heterocycles. The molecule has 0 fully saturated rings. The first-order valence-electron chi connectivity index (χ1n) is 11.7. The average molecular weight is 511 g/mol. The van der Waals surface area contributed by atoms with Gasteiger partial charge in [0, 0.05) is 24.4 Å². The highest BCUT2D eigenvalue weighted by Gasteiger charge is 2.35. The maximum atomic E-state index is 15.0. The van der Waals surface area contributed by atoms with Gasteiger partial charge < -0.3 is 19.9 Å². The molecule has 0 aliphatic rings. The zero-order valence-electron chi connectivity index (χ0n) is 21.5. The molecule has 37 heavy (non-hydrogen) atoms. The third kappa shape index (κ3) is 7.39. The van der Waals surface area contributed by atoms with Gasteiger partial charge in [0.15, 0.2) is 5.82 Å². The lowest BCUT2D eigenvalue weighted by molar-refractivity contribution is -0.128. The highest BCUT2D eigenvalue weighted by molar-refractivity contribution is 6.03. The number of halogens is 1. The van der Waals surface area contributed by atoms with Crippen molar-refractivity contribution in [3.05, 3.63) is 71.7 Å². The molecule has 9 nitrogen and oxygen atoms in total. The van der Waals surface area contributed by atoms with Crippen LogP contribution in [0.25, 0.3) is 0 Å². The Morgan fingerprint density at radius 1 is 1.08 bits per heavy atom. The molecular weight excluding hydrogens is 479 g/mol. The van der Waals surface area contributed by atoms with Crippen LogP contribution in [0.5, 0.6) is 5.75 Å². The van der Waals surface area contributed by atoms with Crippen molar-refractivity contribution in [2.45, 2.75) is 52.1 Å². The predicted molar refractivity (Wildman–Crippen MR) is 137 cm³/mol. The fourth-order valence-corrected chi connectivity index (χ4v) is 3.68. The topological polar surface area (TPSA) is 114 Å². The van der Waals surface area contributed by atoms with E-state index in [9.17, 15) is 14.4 Å². The minimum Gasteiger partial charge on any atom is -0.497 e. The lowest BCUT2D eigenvalue weighted by atomic mass is 10.00. The number of ether oxygens (including phenoxy) is 1. The van der Waals surface area contributed by atoms with E-state index in [0.717, 1.165) is 4.90 Å². The fourth-order valence-electron chi connectivity index (χ4n) is 3.68. The van der Waals surface area contributed by atoms with Gasteiger partial charge in [0.2, 0.25) is 17.7 Å². The Bertz CT molecular complexity index is 1250. The first kappa shape index (κ1) is 27.4. The number of rotatable bonds is 9. The number of carbonyl (C=O) groups excluding carboxylic acids is 3. The highest BCUT2D eigenvalue weighted by atomic mass is 19.1. The molecule has 0 spiro atoms. The first-order chi connectivity index (χ1) is 17.5. The summed E-state index contributed by atoms with van der Waals surface area (Å²) in [5.74, 6) is -0.970. The van der Waals surface area contributed by atoms with Gasteiger partial charge >= 0.3 is 0 Å². The number of methoxy groups -OCH3 is 1. The van der Waals surface area contributed by atoms with Crippen LogP contribution in [0.1, 0.15) is 51.0 Å². The summed E-state index contributed by atoms with van der Waals surface area (Å²) in [6.07, 6.45) is -0.502. The van der Waals surface area contributed by atoms with Gasteiger partial charge in [0.25, 0.3) is 0 Å². The third-order valence-corrected chi connectivity index (χ3v) is 5.28. The maximum Gasteiger partial charge on any atom is 0.248 e. The highest BCUT2D eigenvalue weighted by Crippen LogP contribution is 2.32. The Kier molecular flexibility index (Phi) is 8.65. The minimum atomic E-state index is -1.21. The van der Waals surface area contributed by atoms with E-state index >= 15 is 4.39 Å². The first-order valence-corrected chi connectivity index (χ1v) is 11.7. The summed E-state index contributed by atoms with van der Waals surface area (Å²) < 4.78 is 25.2. The van der Waals surface area contributed by atoms with E-state index < -0.39 is 35.1 Å². The molecule has 1 aromatic heterocycles. The van der Waals surface area contributed by atoms with Crippen molar-refractivity contribution in [1.29, 1.82) is 0 Å². The Morgan fingerprint density at radius 2 is 1.76 bits per heavy atom. The molecule has 1 heterocycles. The Morgan fingerprint density at radius 3 is 2.32 bits per heavy atom. The number of nitrogens with one attached hydrogen (secondary N) is 2. The third-order valence-electron chi connectivity index (χ3n) is 5.28. The summed E-state index contributed by atoms with van der Waals surface area (Å²) in [4.78, 5) is 40.7. The van der Waals surface area contributed by atoms with Gasteiger partial charge in [0.05, 0.1) is 12.8 Å². The second-order valence-electron chi connectivity index (χ2n) is 9.50. The molecule has 2 aromatic carbocycles. The molecule has 3 rings (SSSR count). The van der Waals surface area contributed by atoms with Crippen molar-refractivity contribution in [2.75, 3.05) is 17.3 Å². The van der Waals surface area contributed by atoms with Crippen LogP contribution in [-0.2, 0) is 14.4 Å². The number of aromatic nitrogens is 1. The largest absolute Gasteiger partial charge is 0.497 e. The molecule has 0 unspecified atom stereocenters. The summed E-state index contributed by atoms with van der Waals surface area (Å²) in [6, 6.07) is 12.6. The zero-order chi connectivity index (χ0) is 27.2. The summed E-state index contributed by atoms with van der Waals surface area (Å²) in [5, 5.41) is 9.14. The van der Waals surface area contributed by atoms with Crippen molar-refractivity contribution in [2.24, 2.45) is 0 Å². The summed E-state index contributed by atoms with van der Waals surface area (Å²) >= 11 is 0. The van der Waals surface area contributed by atoms with Gasteiger partial charge in [-0.25, -0.2) is 4.39 Å². The van der Waals surface area contributed by atoms with Crippen molar-refractivity contribution in [3.8, 4) is 5.75 Å². The van der Waals surface area contributed by atoms with Gasteiger partial charge in [-0.1, -0.05) is 29.4 Å². The summed E-state index contributed by atoms with van der Waals surface area (Å²) in [6.45, 7) is 7.10. The van der Waals surface area contributed by atoms with Crippen LogP contribution in [0.2, 0.25) is 0 Å². The summed E-state index contributed by atoms with van der Waals surface area (Å²) in [7, 11) is 1.51. The van der Waals surface area contributed by atoms with Gasteiger partial charge in [-0.2, -0.15) is 0 Å². The van der Waals surface area contributed by atoms with Gasteiger partial charge in [-0.05, 0) is 57.5 Å². The SMILES string of the molecule is COc1ccc([C@@H](C(=O)NC(C)(C)C)N(C(=O)CCC(=O)Nc2cc(C)on2)c2ccccc2F)cc1. The van der Waals surface area contributed by atoms with E-state index in [1.165, 1.54) is 25.3 Å². The van der Waals surface area contributed by atoms with Crippen molar-refractivity contribution in [1.82, 2.24) is 10.5 Å². The second-order valence-corrected chi connectivity index (χ2v) is 9.50. The summed E-state index contributed by atoms with van der Waals surface area (Å²) in [5.41, 5.74) is -0.256. The van der Waals surface area contributed by atoms with Gasteiger partial charge in [0.1, 0.15) is 23.4 Å². The standard InChI is InChI=1S/C27H31FN4O5/c1-17-16-22(31-37-17)29-23(33)14-15-24(34)32(21-9-7-6-8-20(21)28)25(26(35)30-27(2,3)4)18-10-12-19(36-5)13-11-18/h6-13,16,25H,14-15H2,1-5H3,(H,30,35)(H,29,31,33)/t25-/m0/s1. The maximum absolute atomic E-state index is 15.0. The van der Waals surface area contributed by atoms with E-state index in [2.05, 4.69) is 15.8 Å². The quantitative estimate of drug-likeness (QED) is 0.437. The molecule has 1 atom stereocenters. The number of benzene rings is 2. The molecular formula is C27H31FN4O5. The van der Waals surface area contributed by atoms with Crippen molar-refractivity contribution < 1.29 is 28.0 Å². The number of nitrogens with zero attached hydrogens (tertiary/aromatic N) is 2. The normalized spacial score (nSPS) is 11.9. The molecule has 0 bridgehead atoms. The van der Waals surface area contributed by atoms with Gasteiger partial charge in [-0.15, -0.1) is 0 Å². The number of aryl methyl sites for hydroxylation is 1. The number of carbonyl (C=O) groups is 3.